The van der Waals surface area contributed by atoms with Crippen molar-refractivity contribution in [2.24, 2.45) is 12.5 Å². The summed E-state index contributed by atoms with van der Waals surface area (Å²) in [4.78, 5) is 23.4. The number of nitrogens with one attached hydrogen (secondary N) is 1. The van der Waals surface area contributed by atoms with Gasteiger partial charge >= 0.3 is 5.97 Å². The molecule has 0 unspecified atom stereocenters. The Balaban J connectivity index is 1.92. The van der Waals surface area contributed by atoms with Crippen LogP contribution in [0.15, 0.2) is 6.20 Å². The molecule has 0 saturated heterocycles. The van der Waals surface area contributed by atoms with Crippen molar-refractivity contribution in [3.8, 4) is 0 Å². The van der Waals surface area contributed by atoms with Crippen LogP contribution in [-0.2, 0) is 23.2 Å². The average molecular weight is 279 g/mol. The number of carboxylic acid groups (broad SMARTS) is 1. The minimum Gasteiger partial charge on any atom is -0.481 e. The number of carbonyl (C=O) groups excluding carboxylic acids is 1. The number of hydrogen-bond donors (Lipinski definition) is 2. The SMILES string of the molecule is Cc1nn(C)cc1CNC(=O)CC1(C(=O)O)CCCC1. The molecule has 0 atom stereocenters. The van der Waals surface area contributed by atoms with Gasteiger partial charge in [-0.3, -0.25) is 14.3 Å². The molecule has 2 N–H and O–H groups in total. The highest BCUT2D eigenvalue weighted by Gasteiger charge is 2.42. The lowest BCUT2D eigenvalue weighted by molar-refractivity contribution is -0.151. The molecule has 110 valence electrons. The van der Waals surface area contributed by atoms with E-state index in [1.165, 1.54) is 0 Å². The molecule has 1 fully saturated rings. The molecule has 0 spiro atoms. The Bertz CT molecular complexity index is 516. The number of rotatable bonds is 5. The van der Waals surface area contributed by atoms with E-state index in [9.17, 15) is 14.7 Å². The summed E-state index contributed by atoms with van der Waals surface area (Å²) in [6.45, 7) is 2.28. The smallest absolute Gasteiger partial charge is 0.310 e. The predicted molar refractivity (Wildman–Crippen MR) is 72.9 cm³/mol. The summed E-state index contributed by atoms with van der Waals surface area (Å²) in [5.74, 6) is -1.04. The minimum absolute atomic E-state index is 0.0711. The van der Waals surface area contributed by atoms with Crippen molar-refractivity contribution >= 4 is 11.9 Å². The molecule has 0 aliphatic heterocycles. The van der Waals surface area contributed by atoms with Crippen molar-refractivity contribution in [2.75, 3.05) is 0 Å². The average Bonchev–Trinajstić information content (AvgIpc) is 2.95. The summed E-state index contributed by atoms with van der Waals surface area (Å²) in [5, 5.41) is 16.4. The Kier molecular flexibility index (Phi) is 4.11. The normalized spacial score (nSPS) is 17.1. The van der Waals surface area contributed by atoms with Crippen molar-refractivity contribution < 1.29 is 14.7 Å². The fourth-order valence-electron chi connectivity index (χ4n) is 2.90. The largest absolute Gasteiger partial charge is 0.481 e. The zero-order valence-electron chi connectivity index (χ0n) is 12.0. The number of amides is 1. The van der Waals surface area contributed by atoms with Crippen LogP contribution in [0.3, 0.4) is 0 Å². The Morgan fingerprint density at radius 2 is 2.10 bits per heavy atom. The maximum Gasteiger partial charge on any atom is 0.310 e. The summed E-state index contributed by atoms with van der Waals surface area (Å²) < 4.78 is 1.70. The van der Waals surface area contributed by atoms with Crippen LogP contribution in [0.2, 0.25) is 0 Å². The molecule has 6 heteroatoms. The topological polar surface area (TPSA) is 84.2 Å². The van der Waals surface area contributed by atoms with Gasteiger partial charge in [-0.15, -0.1) is 0 Å². The van der Waals surface area contributed by atoms with Gasteiger partial charge in [-0.25, -0.2) is 0 Å². The number of carbonyl (C=O) groups is 2. The molecule has 1 aliphatic rings. The van der Waals surface area contributed by atoms with E-state index in [1.54, 1.807) is 4.68 Å². The van der Waals surface area contributed by atoms with Crippen LogP contribution < -0.4 is 5.32 Å². The highest BCUT2D eigenvalue weighted by molar-refractivity contribution is 5.85. The van der Waals surface area contributed by atoms with Gasteiger partial charge in [0.2, 0.25) is 5.91 Å². The third kappa shape index (κ3) is 3.00. The molecule has 1 aliphatic carbocycles. The first-order valence-electron chi connectivity index (χ1n) is 6.92. The predicted octanol–water partition coefficient (Wildman–Crippen LogP) is 1.38. The second-order valence-corrected chi connectivity index (χ2v) is 5.66. The Hall–Kier alpha value is -1.85. The molecular formula is C14H21N3O3. The van der Waals surface area contributed by atoms with E-state index in [1.807, 2.05) is 20.2 Å². The van der Waals surface area contributed by atoms with Gasteiger partial charge in [-0.05, 0) is 19.8 Å². The maximum atomic E-state index is 12.0. The molecular weight excluding hydrogens is 258 g/mol. The maximum absolute atomic E-state index is 12.0. The van der Waals surface area contributed by atoms with Crippen molar-refractivity contribution in [3.05, 3.63) is 17.5 Å². The van der Waals surface area contributed by atoms with Gasteiger partial charge in [-0.2, -0.15) is 5.10 Å². The molecule has 1 aromatic heterocycles. The number of aliphatic carboxylic acids is 1. The number of carboxylic acids is 1. The Morgan fingerprint density at radius 1 is 1.45 bits per heavy atom. The van der Waals surface area contributed by atoms with E-state index in [0.717, 1.165) is 24.1 Å². The van der Waals surface area contributed by atoms with Crippen LogP contribution in [0.5, 0.6) is 0 Å². The first kappa shape index (κ1) is 14.6. The zero-order chi connectivity index (χ0) is 14.8. The lowest BCUT2D eigenvalue weighted by atomic mass is 9.82. The van der Waals surface area contributed by atoms with Gasteiger partial charge in [-0.1, -0.05) is 12.8 Å². The van der Waals surface area contributed by atoms with E-state index < -0.39 is 11.4 Å². The van der Waals surface area contributed by atoms with Gasteiger partial charge in [0, 0.05) is 31.8 Å². The summed E-state index contributed by atoms with van der Waals surface area (Å²) in [5.41, 5.74) is 0.979. The quantitative estimate of drug-likeness (QED) is 0.852. The highest BCUT2D eigenvalue weighted by Crippen LogP contribution is 2.41. The van der Waals surface area contributed by atoms with Crippen LogP contribution in [0.4, 0.5) is 0 Å². The van der Waals surface area contributed by atoms with Crippen LogP contribution in [0.1, 0.15) is 43.4 Å². The molecule has 0 bridgehead atoms. The molecule has 0 radical (unpaired) electrons. The van der Waals surface area contributed by atoms with Crippen molar-refractivity contribution in [1.29, 1.82) is 0 Å². The third-order valence-corrected chi connectivity index (χ3v) is 4.10. The van der Waals surface area contributed by atoms with E-state index in [-0.39, 0.29) is 12.3 Å². The van der Waals surface area contributed by atoms with Crippen LogP contribution in [0, 0.1) is 12.3 Å². The molecule has 0 aromatic carbocycles. The molecule has 2 rings (SSSR count). The van der Waals surface area contributed by atoms with Crippen molar-refractivity contribution in [3.63, 3.8) is 0 Å². The Morgan fingerprint density at radius 3 is 2.60 bits per heavy atom. The number of aryl methyl sites for hydroxylation is 2. The molecule has 6 nitrogen and oxygen atoms in total. The van der Waals surface area contributed by atoms with Gasteiger partial charge in [0.25, 0.3) is 0 Å². The number of aromatic nitrogens is 2. The second-order valence-electron chi connectivity index (χ2n) is 5.66. The van der Waals surface area contributed by atoms with Gasteiger partial charge < -0.3 is 10.4 Å². The van der Waals surface area contributed by atoms with E-state index in [2.05, 4.69) is 10.4 Å². The molecule has 1 saturated carbocycles. The van der Waals surface area contributed by atoms with Crippen LogP contribution in [-0.4, -0.2) is 26.8 Å². The van der Waals surface area contributed by atoms with Gasteiger partial charge in [0.1, 0.15) is 0 Å². The summed E-state index contributed by atoms with van der Waals surface area (Å²) >= 11 is 0. The fraction of sp³-hybridized carbons (Fsp3) is 0.643. The minimum atomic E-state index is -0.853. The monoisotopic (exact) mass is 279 g/mol. The number of hydrogen-bond acceptors (Lipinski definition) is 3. The van der Waals surface area contributed by atoms with E-state index >= 15 is 0 Å². The fourth-order valence-corrected chi connectivity index (χ4v) is 2.90. The summed E-state index contributed by atoms with van der Waals surface area (Å²) in [7, 11) is 1.83. The second kappa shape index (κ2) is 5.64. The third-order valence-electron chi connectivity index (χ3n) is 4.10. The van der Waals surface area contributed by atoms with E-state index in [4.69, 9.17) is 0 Å². The standard InChI is InChI=1S/C14H21N3O3/c1-10-11(9-17(2)16-10)8-15-12(18)7-14(13(19)20)5-3-4-6-14/h9H,3-8H2,1-2H3,(H,15,18)(H,19,20). The highest BCUT2D eigenvalue weighted by atomic mass is 16.4. The van der Waals surface area contributed by atoms with Crippen LogP contribution >= 0.6 is 0 Å². The van der Waals surface area contributed by atoms with Gasteiger partial charge in [0.05, 0.1) is 11.1 Å². The van der Waals surface area contributed by atoms with Crippen LogP contribution in [0.25, 0.3) is 0 Å². The lowest BCUT2D eigenvalue weighted by Gasteiger charge is -2.22. The van der Waals surface area contributed by atoms with Crippen molar-refractivity contribution in [2.45, 2.75) is 45.6 Å². The molecule has 1 aromatic rings. The summed E-state index contributed by atoms with van der Waals surface area (Å²) in [6.07, 6.45) is 4.91. The summed E-state index contributed by atoms with van der Waals surface area (Å²) in [6, 6.07) is 0. The lowest BCUT2D eigenvalue weighted by Crippen LogP contribution is -2.35. The van der Waals surface area contributed by atoms with E-state index in [0.29, 0.717) is 19.4 Å². The first-order valence-corrected chi connectivity index (χ1v) is 6.92. The zero-order valence-corrected chi connectivity index (χ0v) is 12.0. The molecule has 1 heterocycles. The van der Waals surface area contributed by atoms with Gasteiger partial charge in [0.15, 0.2) is 0 Å². The molecule has 1 amide bonds. The van der Waals surface area contributed by atoms with Crippen molar-refractivity contribution in [1.82, 2.24) is 15.1 Å². The first-order chi connectivity index (χ1) is 9.43. The Labute approximate surface area is 118 Å². The molecule has 20 heavy (non-hydrogen) atoms. The number of nitrogens with zero attached hydrogens (tertiary/aromatic N) is 2.